The monoisotopic (exact) mass is 250 g/mol. The molecule has 9 heteroatoms. The van der Waals surface area contributed by atoms with Gasteiger partial charge in [-0.1, -0.05) is 11.6 Å². The third-order valence-corrected chi connectivity index (χ3v) is 1.47. The smallest absolute Gasteiger partial charge is 0.427 e. The van der Waals surface area contributed by atoms with Crippen LogP contribution >= 0.6 is 0 Å². The van der Waals surface area contributed by atoms with Crippen molar-refractivity contribution in [2.75, 3.05) is 0 Å². The Balaban J connectivity index is 4.58. The first-order valence-electron chi connectivity index (χ1n) is 4.17. The Morgan fingerprint density at radius 2 is 1.31 bits per heavy atom. The molecule has 94 valence electrons. The summed E-state index contributed by atoms with van der Waals surface area (Å²) in [7, 11) is -1.96. The fourth-order valence-electron chi connectivity index (χ4n) is 0.994. The number of allylic oxidation sites excluding steroid dienone is 2. The second kappa shape index (κ2) is 5.58. The van der Waals surface area contributed by atoms with Crippen molar-refractivity contribution >= 4 is 7.12 Å². The van der Waals surface area contributed by atoms with E-state index < -0.39 is 44.2 Å². The van der Waals surface area contributed by atoms with Crippen molar-refractivity contribution in [2.45, 2.75) is 31.5 Å². The third kappa shape index (κ3) is 9.84. The molecule has 16 heavy (non-hydrogen) atoms. The molecule has 0 aromatic carbocycles. The average molecular weight is 250 g/mol. The molecule has 0 aliphatic heterocycles. The molecule has 0 aromatic rings. The SMILES string of the molecule is OB(O)CC=C(CC(F)(F)F)CC(F)(F)F. The van der Waals surface area contributed by atoms with Crippen molar-refractivity contribution in [3.63, 3.8) is 0 Å². The van der Waals surface area contributed by atoms with Gasteiger partial charge in [-0.25, -0.2) is 0 Å². The molecule has 0 saturated heterocycles. The van der Waals surface area contributed by atoms with Gasteiger partial charge in [-0.15, -0.1) is 0 Å². The van der Waals surface area contributed by atoms with E-state index in [-0.39, 0.29) is 0 Å². The Morgan fingerprint density at radius 1 is 0.938 bits per heavy atom. The van der Waals surface area contributed by atoms with Crippen LogP contribution in [-0.2, 0) is 0 Å². The summed E-state index contributed by atoms with van der Waals surface area (Å²) in [5, 5.41) is 16.7. The minimum Gasteiger partial charge on any atom is -0.427 e. The number of alkyl halides is 6. The van der Waals surface area contributed by atoms with Crippen molar-refractivity contribution in [3.05, 3.63) is 11.6 Å². The Hall–Kier alpha value is -0.695. The summed E-state index contributed by atoms with van der Waals surface area (Å²) in [5.74, 6) is 0. The van der Waals surface area contributed by atoms with E-state index in [0.29, 0.717) is 6.08 Å². The molecule has 0 aliphatic rings. The van der Waals surface area contributed by atoms with Crippen LogP contribution in [0, 0.1) is 0 Å². The van der Waals surface area contributed by atoms with Crippen molar-refractivity contribution in [1.82, 2.24) is 0 Å². The zero-order valence-electron chi connectivity index (χ0n) is 7.94. The van der Waals surface area contributed by atoms with Gasteiger partial charge >= 0.3 is 19.5 Å². The van der Waals surface area contributed by atoms with Crippen LogP contribution in [0.15, 0.2) is 11.6 Å². The lowest BCUT2D eigenvalue weighted by molar-refractivity contribution is -0.142. The van der Waals surface area contributed by atoms with Gasteiger partial charge < -0.3 is 10.0 Å². The molecule has 0 radical (unpaired) electrons. The van der Waals surface area contributed by atoms with Crippen LogP contribution in [0.3, 0.4) is 0 Å². The maximum Gasteiger partial charge on any atom is 0.455 e. The Morgan fingerprint density at radius 3 is 1.56 bits per heavy atom. The molecule has 0 spiro atoms. The van der Waals surface area contributed by atoms with E-state index in [9.17, 15) is 26.3 Å². The molecule has 2 N–H and O–H groups in total. The lowest BCUT2D eigenvalue weighted by atomic mass is 9.84. The van der Waals surface area contributed by atoms with E-state index in [1.165, 1.54) is 0 Å². The Labute approximate surface area is 87.7 Å². The Bertz CT molecular complexity index is 226. The van der Waals surface area contributed by atoms with Crippen LogP contribution in [0.4, 0.5) is 26.3 Å². The fraction of sp³-hybridized carbons (Fsp3) is 0.714. The number of hydrogen-bond donors (Lipinski definition) is 2. The highest BCUT2D eigenvalue weighted by atomic mass is 19.4. The van der Waals surface area contributed by atoms with E-state index in [0.717, 1.165) is 0 Å². The number of rotatable bonds is 4. The second-order valence-corrected chi connectivity index (χ2v) is 3.16. The molecule has 0 bridgehead atoms. The van der Waals surface area contributed by atoms with Crippen molar-refractivity contribution < 1.29 is 36.4 Å². The van der Waals surface area contributed by atoms with Crippen LogP contribution in [0.1, 0.15) is 12.8 Å². The molecule has 0 saturated carbocycles. The number of halogens is 6. The Kier molecular flexibility index (Phi) is 5.34. The molecule has 0 heterocycles. The fourth-order valence-corrected chi connectivity index (χ4v) is 0.994. The summed E-state index contributed by atoms with van der Waals surface area (Å²) in [5.41, 5.74) is -0.923. The summed E-state index contributed by atoms with van der Waals surface area (Å²) in [6.45, 7) is 0. The average Bonchev–Trinajstić information content (AvgIpc) is 1.93. The van der Waals surface area contributed by atoms with Crippen LogP contribution in [0.5, 0.6) is 0 Å². The molecule has 0 rings (SSSR count). The van der Waals surface area contributed by atoms with Crippen LogP contribution in [-0.4, -0.2) is 29.5 Å². The molecule has 0 amide bonds. The minimum atomic E-state index is -4.75. The zero-order valence-corrected chi connectivity index (χ0v) is 7.94. The van der Waals surface area contributed by atoms with Gasteiger partial charge in [0.05, 0.1) is 12.8 Å². The first kappa shape index (κ1) is 15.3. The van der Waals surface area contributed by atoms with Crippen LogP contribution in [0.2, 0.25) is 6.32 Å². The molecular weight excluding hydrogens is 241 g/mol. The van der Waals surface area contributed by atoms with Crippen LogP contribution < -0.4 is 0 Å². The summed E-state index contributed by atoms with van der Waals surface area (Å²) >= 11 is 0. The van der Waals surface area contributed by atoms with E-state index >= 15 is 0 Å². The topological polar surface area (TPSA) is 40.5 Å². The summed E-state index contributed by atoms with van der Waals surface area (Å²) in [6, 6.07) is 0. The van der Waals surface area contributed by atoms with Gasteiger partial charge in [-0.2, -0.15) is 26.3 Å². The lowest BCUT2D eigenvalue weighted by Crippen LogP contribution is -2.16. The molecule has 0 aromatic heterocycles. The summed E-state index contributed by atoms with van der Waals surface area (Å²) in [6.07, 6.45) is -13.0. The summed E-state index contributed by atoms with van der Waals surface area (Å²) in [4.78, 5) is 0. The van der Waals surface area contributed by atoms with Gasteiger partial charge in [0, 0.05) is 6.32 Å². The highest BCUT2D eigenvalue weighted by Crippen LogP contribution is 2.32. The maximum absolute atomic E-state index is 11.9. The normalized spacial score (nSPS) is 12.5. The first-order chi connectivity index (χ1) is 6.99. The predicted molar refractivity (Wildman–Crippen MR) is 44.4 cm³/mol. The minimum absolute atomic E-state index is 0.547. The lowest BCUT2D eigenvalue weighted by Gasteiger charge is -2.13. The van der Waals surface area contributed by atoms with Gasteiger partial charge in [0.25, 0.3) is 0 Å². The highest BCUT2D eigenvalue weighted by molar-refractivity contribution is 6.41. The molecule has 0 fully saturated rings. The van der Waals surface area contributed by atoms with E-state index in [4.69, 9.17) is 10.0 Å². The van der Waals surface area contributed by atoms with Gasteiger partial charge in [-0.05, 0) is 0 Å². The van der Waals surface area contributed by atoms with Crippen molar-refractivity contribution in [2.24, 2.45) is 0 Å². The van der Waals surface area contributed by atoms with E-state index in [1.807, 2.05) is 0 Å². The molecular formula is C7H9BF6O2. The third-order valence-electron chi connectivity index (χ3n) is 1.47. The standard InChI is InChI=1S/C7H9BF6O2/c9-6(10,11)3-5(1-2-8(15)16)4-7(12,13)14/h1,15-16H,2-4H2. The second-order valence-electron chi connectivity index (χ2n) is 3.16. The maximum atomic E-state index is 11.9. The quantitative estimate of drug-likeness (QED) is 0.456. The molecule has 0 atom stereocenters. The highest BCUT2D eigenvalue weighted by Gasteiger charge is 2.35. The van der Waals surface area contributed by atoms with E-state index in [2.05, 4.69) is 0 Å². The van der Waals surface area contributed by atoms with Gasteiger partial charge in [0.15, 0.2) is 0 Å². The van der Waals surface area contributed by atoms with Gasteiger partial charge in [0.1, 0.15) is 0 Å². The molecule has 0 unspecified atom stereocenters. The number of hydrogen-bond acceptors (Lipinski definition) is 2. The molecule has 0 aliphatic carbocycles. The van der Waals surface area contributed by atoms with E-state index in [1.54, 1.807) is 0 Å². The zero-order chi connectivity index (χ0) is 13.0. The van der Waals surface area contributed by atoms with Gasteiger partial charge in [-0.3, -0.25) is 0 Å². The molecule has 2 nitrogen and oxygen atoms in total. The predicted octanol–water partition coefficient (Wildman–Crippen LogP) is 2.29. The van der Waals surface area contributed by atoms with Crippen LogP contribution in [0.25, 0.3) is 0 Å². The first-order valence-corrected chi connectivity index (χ1v) is 4.17. The summed E-state index contributed by atoms with van der Waals surface area (Å²) < 4.78 is 71.2. The largest absolute Gasteiger partial charge is 0.455 e. The van der Waals surface area contributed by atoms with Crippen molar-refractivity contribution in [3.8, 4) is 0 Å². The van der Waals surface area contributed by atoms with Crippen molar-refractivity contribution in [1.29, 1.82) is 0 Å². The van der Waals surface area contributed by atoms with Gasteiger partial charge in [0.2, 0.25) is 0 Å².